The zero-order chi connectivity index (χ0) is 17.3. The summed E-state index contributed by atoms with van der Waals surface area (Å²) >= 11 is 0. The van der Waals surface area contributed by atoms with Crippen LogP contribution < -0.4 is 10.2 Å². The van der Waals surface area contributed by atoms with E-state index in [2.05, 4.69) is 5.32 Å². The molecule has 3 nitrogen and oxygen atoms in total. The fourth-order valence-electron chi connectivity index (χ4n) is 2.97. The maximum atomic E-state index is 13.6. The Kier molecular flexibility index (Phi) is 4.46. The Morgan fingerprint density at radius 2 is 1.88 bits per heavy atom. The Balaban J connectivity index is 1.76. The van der Waals surface area contributed by atoms with Crippen molar-refractivity contribution in [2.45, 2.75) is 25.8 Å². The van der Waals surface area contributed by atoms with Crippen LogP contribution in [-0.2, 0) is 11.2 Å². The molecule has 2 aromatic rings. The van der Waals surface area contributed by atoms with Crippen molar-refractivity contribution in [2.75, 3.05) is 16.8 Å². The van der Waals surface area contributed by atoms with E-state index in [9.17, 15) is 18.0 Å². The fraction of sp³-hybridized carbons (Fsp3) is 0.278. The first-order valence-corrected chi connectivity index (χ1v) is 7.74. The van der Waals surface area contributed by atoms with E-state index in [0.29, 0.717) is 0 Å². The molecule has 0 saturated carbocycles. The average molecular weight is 334 g/mol. The molecule has 1 aliphatic heterocycles. The summed E-state index contributed by atoms with van der Waals surface area (Å²) < 4.78 is 39.9. The maximum absolute atomic E-state index is 13.6. The highest BCUT2D eigenvalue weighted by molar-refractivity contribution is 5.94. The zero-order valence-electron chi connectivity index (χ0n) is 13.2. The smallest absolute Gasteiger partial charge is 0.243 e. The van der Waals surface area contributed by atoms with Crippen molar-refractivity contribution in [3.8, 4) is 0 Å². The van der Waals surface area contributed by atoms with Crippen molar-refractivity contribution in [1.29, 1.82) is 0 Å². The summed E-state index contributed by atoms with van der Waals surface area (Å²) in [4.78, 5) is 14.1. The summed E-state index contributed by atoms with van der Waals surface area (Å²) in [6.45, 7) is 1.99. The highest BCUT2D eigenvalue weighted by Crippen LogP contribution is 2.31. The molecule has 0 bridgehead atoms. The van der Waals surface area contributed by atoms with Gasteiger partial charge < -0.3 is 10.2 Å². The van der Waals surface area contributed by atoms with E-state index >= 15 is 0 Å². The minimum absolute atomic E-state index is 0.0105. The number of halogens is 3. The molecule has 0 aromatic heterocycles. The normalized spacial score (nSPS) is 16.7. The number of rotatable bonds is 3. The monoisotopic (exact) mass is 334 g/mol. The number of hydrogen-bond acceptors (Lipinski definition) is 2. The molecule has 0 radical (unpaired) electrons. The summed E-state index contributed by atoms with van der Waals surface area (Å²) in [6.07, 6.45) is 1.55. The van der Waals surface area contributed by atoms with Gasteiger partial charge in [-0.1, -0.05) is 0 Å². The lowest BCUT2D eigenvalue weighted by Gasteiger charge is -2.36. The number of hydrogen-bond donors (Lipinski definition) is 1. The molecular weight excluding hydrogens is 317 g/mol. The van der Waals surface area contributed by atoms with Gasteiger partial charge in [0.2, 0.25) is 5.91 Å². The number of amides is 1. The van der Waals surface area contributed by atoms with Gasteiger partial charge >= 0.3 is 0 Å². The number of aryl methyl sites for hydroxylation is 1. The van der Waals surface area contributed by atoms with E-state index in [4.69, 9.17) is 0 Å². The Labute approximate surface area is 138 Å². The summed E-state index contributed by atoms with van der Waals surface area (Å²) in [6, 6.07) is 7.59. The minimum Gasteiger partial charge on any atom is -0.359 e. The zero-order valence-corrected chi connectivity index (χ0v) is 13.2. The van der Waals surface area contributed by atoms with Crippen molar-refractivity contribution in [3.05, 3.63) is 59.4 Å². The van der Waals surface area contributed by atoms with Crippen LogP contribution in [0.2, 0.25) is 0 Å². The molecule has 1 unspecified atom stereocenters. The number of anilines is 2. The summed E-state index contributed by atoms with van der Waals surface area (Å²) in [5.74, 6) is -2.24. The lowest BCUT2D eigenvalue weighted by Crippen LogP contribution is -2.42. The predicted octanol–water partition coefficient (Wildman–Crippen LogP) is 3.88. The average Bonchev–Trinajstić information content (AvgIpc) is 2.53. The molecule has 6 heteroatoms. The van der Waals surface area contributed by atoms with Crippen molar-refractivity contribution in [2.24, 2.45) is 0 Å². The molecule has 126 valence electrons. The van der Waals surface area contributed by atoms with Gasteiger partial charge in [0.05, 0.1) is 12.2 Å². The van der Waals surface area contributed by atoms with Crippen molar-refractivity contribution >= 4 is 17.3 Å². The van der Waals surface area contributed by atoms with Gasteiger partial charge in [0.25, 0.3) is 0 Å². The van der Waals surface area contributed by atoms with Gasteiger partial charge in [0.1, 0.15) is 17.5 Å². The van der Waals surface area contributed by atoms with E-state index in [0.717, 1.165) is 36.2 Å². The molecule has 3 rings (SSSR count). The third-order valence-corrected chi connectivity index (χ3v) is 4.23. The fourth-order valence-corrected chi connectivity index (χ4v) is 2.97. The molecule has 0 saturated heterocycles. The van der Waals surface area contributed by atoms with Gasteiger partial charge in [-0.3, -0.25) is 4.79 Å². The van der Waals surface area contributed by atoms with Gasteiger partial charge in [0, 0.05) is 17.8 Å². The lowest BCUT2D eigenvalue weighted by molar-refractivity contribution is -0.115. The first-order valence-electron chi connectivity index (χ1n) is 7.74. The van der Waals surface area contributed by atoms with E-state index in [-0.39, 0.29) is 24.1 Å². The highest BCUT2D eigenvalue weighted by atomic mass is 19.1. The van der Waals surface area contributed by atoms with E-state index in [1.165, 1.54) is 18.2 Å². The first kappa shape index (κ1) is 16.4. The van der Waals surface area contributed by atoms with Crippen LogP contribution in [0, 0.1) is 17.5 Å². The summed E-state index contributed by atoms with van der Waals surface area (Å²) in [7, 11) is 0. The van der Waals surface area contributed by atoms with Crippen LogP contribution in [0.1, 0.15) is 18.9 Å². The number of benzene rings is 2. The first-order chi connectivity index (χ1) is 11.4. The number of nitrogens with one attached hydrogen (secondary N) is 1. The van der Waals surface area contributed by atoms with E-state index in [1.54, 1.807) is 6.07 Å². The predicted molar refractivity (Wildman–Crippen MR) is 86.5 cm³/mol. The van der Waals surface area contributed by atoms with Crippen LogP contribution in [0.15, 0.2) is 36.4 Å². The quantitative estimate of drug-likeness (QED) is 0.924. The second-order valence-corrected chi connectivity index (χ2v) is 5.96. The molecule has 1 amide bonds. The van der Waals surface area contributed by atoms with Crippen molar-refractivity contribution in [3.63, 3.8) is 0 Å². The molecule has 1 aliphatic rings. The Morgan fingerprint density at radius 3 is 2.62 bits per heavy atom. The van der Waals surface area contributed by atoms with Crippen LogP contribution >= 0.6 is 0 Å². The van der Waals surface area contributed by atoms with Crippen LogP contribution in [0.4, 0.5) is 24.5 Å². The third kappa shape index (κ3) is 3.37. The molecule has 1 atom stereocenters. The van der Waals surface area contributed by atoms with E-state index < -0.39 is 17.5 Å². The van der Waals surface area contributed by atoms with Gasteiger partial charge in [-0.15, -0.1) is 0 Å². The standard InChI is InChI=1S/C18H17F3N2O/c1-11-2-3-12-8-13(19)5-7-17(12)23(11)10-18(24)22-16-6-4-14(20)9-15(16)21/h4-9,11H,2-3,10H2,1H3,(H,22,24). The third-order valence-electron chi connectivity index (χ3n) is 4.23. The molecule has 1 heterocycles. The van der Waals surface area contributed by atoms with E-state index in [1.807, 2.05) is 11.8 Å². The topological polar surface area (TPSA) is 32.3 Å². The Bertz CT molecular complexity index is 779. The molecule has 24 heavy (non-hydrogen) atoms. The second-order valence-electron chi connectivity index (χ2n) is 5.96. The van der Waals surface area contributed by atoms with Crippen LogP contribution in [0.3, 0.4) is 0 Å². The molecule has 2 aromatic carbocycles. The van der Waals surface area contributed by atoms with Gasteiger partial charge in [-0.05, 0) is 55.7 Å². The Hall–Kier alpha value is -2.50. The second kappa shape index (κ2) is 6.55. The summed E-state index contributed by atoms with van der Waals surface area (Å²) in [5.41, 5.74) is 1.60. The number of carbonyl (C=O) groups is 1. The molecular formula is C18H17F3N2O. The van der Waals surface area contributed by atoms with Crippen LogP contribution in [0.25, 0.3) is 0 Å². The SMILES string of the molecule is CC1CCc2cc(F)ccc2N1CC(=O)Nc1ccc(F)cc1F. The van der Waals surface area contributed by atoms with Crippen LogP contribution in [-0.4, -0.2) is 18.5 Å². The van der Waals surface area contributed by atoms with Gasteiger partial charge in [-0.25, -0.2) is 13.2 Å². The summed E-state index contributed by atoms with van der Waals surface area (Å²) in [5, 5.41) is 2.45. The van der Waals surface area contributed by atoms with Gasteiger partial charge in [0.15, 0.2) is 0 Å². The maximum Gasteiger partial charge on any atom is 0.243 e. The number of carbonyl (C=O) groups excluding carboxylic acids is 1. The minimum atomic E-state index is -0.822. The Morgan fingerprint density at radius 1 is 1.17 bits per heavy atom. The lowest BCUT2D eigenvalue weighted by atomic mass is 9.96. The number of nitrogens with zero attached hydrogens (tertiary/aromatic N) is 1. The molecule has 0 spiro atoms. The highest BCUT2D eigenvalue weighted by Gasteiger charge is 2.25. The molecule has 0 fully saturated rings. The van der Waals surface area contributed by atoms with Gasteiger partial charge in [-0.2, -0.15) is 0 Å². The van der Waals surface area contributed by atoms with Crippen LogP contribution in [0.5, 0.6) is 0 Å². The molecule has 0 aliphatic carbocycles. The van der Waals surface area contributed by atoms with Crippen molar-refractivity contribution < 1.29 is 18.0 Å². The largest absolute Gasteiger partial charge is 0.359 e. The van der Waals surface area contributed by atoms with Crippen molar-refractivity contribution in [1.82, 2.24) is 0 Å². The number of fused-ring (bicyclic) bond motifs is 1. The molecule has 1 N–H and O–H groups in total.